The topological polar surface area (TPSA) is 101 Å². The van der Waals surface area contributed by atoms with Crippen molar-refractivity contribution in [1.29, 1.82) is 0 Å². The van der Waals surface area contributed by atoms with Gasteiger partial charge in [-0.05, 0) is 37.6 Å². The molecule has 2 aromatic heterocycles. The number of anilines is 2. The number of hydrogen-bond donors (Lipinski definition) is 3. The lowest BCUT2D eigenvalue weighted by Crippen LogP contribution is -2.31. The quantitative estimate of drug-likeness (QED) is 0.347. The van der Waals surface area contributed by atoms with Crippen molar-refractivity contribution < 1.29 is 9.53 Å². The van der Waals surface area contributed by atoms with E-state index < -0.39 is 0 Å². The van der Waals surface area contributed by atoms with E-state index in [1.54, 1.807) is 32.7 Å². The summed E-state index contributed by atoms with van der Waals surface area (Å²) < 4.78 is 5.65. The van der Waals surface area contributed by atoms with Gasteiger partial charge in [0.25, 0.3) is 5.91 Å². The molecule has 1 aromatic carbocycles. The van der Waals surface area contributed by atoms with Crippen molar-refractivity contribution in [3.63, 3.8) is 0 Å². The van der Waals surface area contributed by atoms with Crippen LogP contribution in [0.25, 0.3) is 11.3 Å². The molecule has 8 nitrogen and oxygen atoms in total. The van der Waals surface area contributed by atoms with Crippen LogP contribution in [0.5, 0.6) is 5.75 Å². The Morgan fingerprint density at radius 1 is 1.09 bits per heavy atom. The summed E-state index contributed by atoms with van der Waals surface area (Å²) in [5.41, 5.74) is 4.07. The molecule has 0 saturated carbocycles. The molecule has 0 fully saturated rings. The number of amides is 1. The zero-order valence-corrected chi connectivity index (χ0v) is 21.1. The predicted octanol–water partition coefficient (Wildman–Crippen LogP) is 4.67. The Labute approximate surface area is 207 Å². The van der Waals surface area contributed by atoms with Crippen molar-refractivity contribution in [1.82, 2.24) is 20.3 Å². The fourth-order valence-electron chi connectivity index (χ4n) is 3.67. The van der Waals surface area contributed by atoms with Gasteiger partial charge in [-0.1, -0.05) is 32.1 Å². The number of aromatic nitrogens is 3. The molecule has 0 spiro atoms. The van der Waals surface area contributed by atoms with Crippen LogP contribution in [0.4, 0.5) is 11.6 Å². The van der Waals surface area contributed by atoms with Crippen molar-refractivity contribution in [2.45, 2.75) is 32.6 Å². The molecule has 3 N–H and O–H groups in total. The summed E-state index contributed by atoms with van der Waals surface area (Å²) in [5, 5.41) is 9.34. The van der Waals surface area contributed by atoms with Crippen molar-refractivity contribution >= 4 is 17.5 Å². The average Bonchev–Trinajstić information content (AvgIpc) is 2.90. The van der Waals surface area contributed by atoms with Crippen molar-refractivity contribution in [3.8, 4) is 17.0 Å². The molecule has 3 aromatic rings. The molecule has 2 heterocycles. The molecule has 184 valence electrons. The number of hydrogen-bond acceptors (Lipinski definition) is 7. The number of carbonyl (C=O) groups excluding carboxylic acids is 1. The van der Waals surface area contributed by atoms with Crippen LogP contribution in [-0.4, -0.2) is 48.1 Å². The number of ether oxygens (including phenoxy) is 1. The Balaban J connectivity index is 1.77. The summed E-state index contributed by atoms with van der Waals surface area (Å²) in [7, 11) is 3.24. The molecule has 0 aliphatic heterocycles. The normalized spacial score (nSPS) is 12.4. The van der Waals surface area contributed by atoms with Crippen LogP contribution >= 0.6 is 0 Å². The highest BCUT2D eigenvalue weighted by atomic mass is 16.5. The Morgan fingerprint density at radius 2 is 1.89 bits per heavy atom. The molecule has 35 heavy (non-hydrogen) atoms. The molecule has 0 aliphatic rings. The van der Waals surface area contributed by atoms with Crippen molar-refractivity contribution in [2.75, 3.05) is 37.9 Å². The average molecular weight is 475 g/mol. The third-order valence-corrected chi connectivity index (χ3v) is 6.08. The minimum atomic E-state index is -0.254. The summed E-state index contributed by atoms with van der Waals surface area (Å²) in [6.45, 7) is 11.5. The van der Waals surface area contributed by atoms with E-state index >= 15 is 0 Å². The molecular formula is C27H34N6O2. The van der Waals surface area contributed by atoms with Gasteiger partial charge >= 0.3 is 0 Å². The first-order valence-corrected chi connectivity index (χ1v) is 11.6. The predicted molar refractivity (Wildman–Crippen MR) is 141 cm³/mol. The Kier molecular flexibility index (Phi) is 8.41. The first kappa shape index (κ1) is 25.7. The highest BCUT2D eigenvalue weighted by Crippen LogP contribution is 2.35. The smallest absolute Gasteiger partial charge is 0.251 e. The fraction of sp³-hybridized carbons (Fsp3) is 0.333. The third kappa shape index (κ3) is 6.35. The molecule has 1 atom stereocenters. The van der Waals surface area contributed by atoms with Crippen LogP contribution in [0.2, 0.25) is 0 Å². The molecule has 0 bridgehead atoms. The van der Waals surface area contributed by atoms with E-state index in [1.807, 2.05) is 37.3 Å². The van der Waals surface area contributed by atoms with Gasteiger partial charge in [-0.3, -0.25) is 4.79 Å². The van der Waals surface area contributed by atoms with Crippen LogP contribution in [0.1, 0.15) is 43.1 Å². The SMILES string of the molecule is C=C(C)CNc1ccc(-c2cc(NCC(C)(CC)c3ccc(C(=O)NC)cc3OC)ncn2)cn1. The fourth-order valence-corrected chi connectivity index (χ4v) is 3.67. The zero-order valence-electron chi connectivity index (χ0n) is 21.1. The molecular weight excluding hydrogens is 440 g/mol. The minimum Gasteiger partial charge on any atom is -0.496 e. The highest BCUT2D eigenvalue weighted by Gasteiger charge is 2.29. The van der Waals surface area contributed by atoms with Gasteiger partial charge in [-0.2, -0.15) is 0 Å². The lowest BCUT2D eigenvalue weighted by Gasteiger charge is -2.31. The molecule has 0 radical (unpaired) electrons. The zero-order chi connectivity index (χ0) is 25.4. The number of benzene rings is 1. The van der Waals surface area contributed by atoms with E-state index in [0.717, 1.165) is 40.5 Å². The maximum Gasteiger partial charge on any atom is 0.251 e. The maximum atomic E-state index is 12.0. The van der Waals surface area contributed by atoms with Gasteiger partial charge in [-0.15, -0.1) is 0 Å². The van der Waals surface area contributed by atoms with Crippen LogP contribution in [0, 0.1) is 0 Å². The van der Waals surface area contributed by atoms with Crippen LogP contribution in [0.15, 0.2) is 61.1 Å². The molecule has 0 saturated heterocycles. The van der Waals surface area contributed by atoms with Crippen molar-refractivity contribution in [3.05, 3.63) is 72.2 Å². The summed E-state index contributed by atoms with van der Waals surface area (Å²) in [4.78, 5) is 25.3. The second kappa shape index (κ2) is 11.5. The summed E-state index contributed by atoms with van der Waals surface area (Å²) in [5.74, 6) is 2.06. The van der Waals surface area contributed by atoms with E-state index in [1.165, 1.54) is 0 Å². The molecule has 0 aliphatic carbocycles. The standard InChI is InChI=1S/C27H34N6O2/c1-7-27(4,21-10-8-19(26(34)28-5)12-23(21)35-6)16-31-25-13-22(32-17-33-25)20-9-11-24(30-15-20)29-14-18(2)3/h8-13,15,17H,2,7,14,16H2,1,3-6H3,(H,28,34)(H,29,30)(H,31,32,33). The van der Waals surface area contributed by atoms with E-state index in [-0.39, 0.29) is 11.3 Å². The van der Waals surface area contributed by atoms with E-state index in [0.29, 0.717) is 24.4 Å². The van der Waals surface area contributed by atoms with Crippen LogP contribution in [0.3, 0.4) is 0 Å². The van der Waals surface area contributed by atoms with Crippen LogP contribution < -0.4 is 20.7 Å². The first-order valence-electron chi connectivity index (χ1n) is 11.6. The second-order valence-electron chi connectivity index (χ2n) is 8.79. The monoisotopic (exact) mass is 474 g/mol. The lowest BCUT2D eigenvalue weighted by molar-refractivity contribution is 0.0962. The van der Waals surface area contributed by atoms with Gasteiger partial charge in [0.1, 0.15) is 23.7 Å². The maximum absolute atomic E-state index is 12.0. The van der Waals surface area contributed by atoms with Gasteiger partial charge in [-0.25, -0.2) is 15.0 Å². The van der Waals surface area contributed by atoms with Gasteiger partial charge in [0.15, 0.2) is 0 Å². The Bertz CT molecular complexity index is 1180. The van der Waals surface area contributed by atoms with Crippen LogP contribution in [-0.2, 0) is 5.41 Å². The molecule has 1 unspecified atom stereocenters. The van der Waals surface area contributed by atoms with Gasteiger partial charge < -0.3 is 20.7 Å². The van der Waals surface area contributed by atoms with E-state index in [4.69, 9.17) is 4.74 Å². The first-order chi connectivity index (χ1) is 16.8. The summed E-state index contributed by atoms with van der Waals surface area (Å²) >= 11 is 0. The largest absolute Gasteiger partial charge is 0.496 e. The van der Waals surface area contributed by atoms with E-state index in [9.17, 15) is 4.79 Å². The number of carbonyl (C=O) groups is 1. The van der Waals surface area contributed by atoms with Gasteiger partial charge in [0.2, 0.25) is 0 Å². The highest BCUT2D eigenvalue weighted by molar-refractivity contribution is 5.94. The molecule has 1 amide bonds. The summed E-state index contributed by atoms with van der Waals surface area (Å²) in [6, 6.07) is 11.4. The number of nitrogens with one attached hydrogen (secondary N) is 3. The van der Waals surface area contributed by atoms with Crippen molar-refractivity contribution in [2.24, 2.45) is 0 Å². The molecule has 8 heteroatoms. The third-order valence-electron chi connectivity index (χ3n) is 6.08. The minimum absolute atomic E-state index is 0.145. The van der Waals surface area contributed by atoms with Gasteiger partial charge in [0, 0.05) is 54.5 Å². The van der Waals surface area contributed by atoms with E-state index in [2.05, 4.69) is 51.3 Å². The second-order valence-corrected chi connectivity index (χ2v) is 8.79. The van der Waals surface area contributed by atoms with Gasteiger partial charge in [0.05, 0.1) is 12.8 Å². The lowest BCUT2D eigenvalue weighted by atomic mass is 9.79. The number of nitrogens with zero attached hydrogens (tertiary/aromatic N) is 3. The number of methoxy groups -OCH3 is 1. The Hall–Kier alpha value is -3.94. The summed E-state index contributed by atoms with van der Waals surface area (Å²) in [6.07, 6.45) is 4.20. The molecule has 3 rings (SSSR count). The number of pyridine rings is 1. The number of rotatable bonds is 11. The Morgan fingerprint density at radius 3 is 2.51 bits per heavy atom.